The van der Waals surface area contributed by atoms with Crippen LogP contribution >= 0.6 is 0 Å². The van der Waals surface area contributed by atoms with E-state index in [0.717, 1.165) is 31.2 Å². The molecule has 2 rings (SSSR count). The van der Waals surface area contributed by atoms with Crippen LogP contribution in [0.15, 0.2) is 18.2 Å². The number of nitrogens with one attached hydrogen (secondary N) is 1. The van der Waals surface area contributed by atoms with Crippen molar-refractivity contribution >= 4 is 17.6 Å². The molecule has 0 aliphatic heterocycles. The molecule has 0 radical (unpaired) electrons. The molecule has 0 aromatic heterocycles. The highest BCUT2D eigenvalue weighted by Gasteiger charge is 2.39. The van der Waals surface area contributed by atoms with Crippen LogP contribution in [0.2, 0.25) is 0 Å². The second-order valence-electron chi connectivity index (χ2n) is 5.48. The van der Waals surface area contributed by atoms with E-state index in [4.69, 9.17) is 10.8 Å². The maximum absolute atomic E-state index is 12.4. The van der Waals surface area contributed by atoms with E-state index in [1.54, 1.807) is 19.1 Å². The second kappa shape index (κ2) is 5.63. The van der Waals surface area contributed by atoms with E-state index in [-0.39, 0.29) is 11.5 Å². The summed E-state index contributed by atoms with van der Waals surface area (Å²) in [5.41, 5.74) is 6.94. The molecule has 0 heterocycles. The molecule has 1 aromatic rings. The minimum Gasteiger partial charge on any atom is -0.478 e. The highest BCUT2D eigenvalue weighted by Crippen LogP contribution is 2.38. The van der Waals surface area contributed by atoms with E-state index in [9.17, 15) is 9.59 Å². The molecule has 0 atom stereocenters. The van der Waals surface area contributed by atoms with Gasteiger partial charge in [-0.25, -0.2) is 4.79 Å². The standard InChI is InChI=1S/C15H20N2O3/c1-10-8-11(13(18)19)4-5-12(10)17-14(20)15(9-16)6-2-3-7-15/h4-5,8H,2-3,6-7,9,16H2,1H3,(H,17,20)(H,18,19). The molecule has 1 saturated carbocycles. The smallest absolute Gasteiger partial charge is 0.335 e. The number of aryl methyl sites for hydroxylation is 1. The fourth-order valence-corrected chi connectivity index (χ4v) is 2.77. The first-order valence-electron chi connectivity index (χ1n) is 6.84. The minimum absolute atomic E-state index is 0.0522. The number of anilines is 1. The van der Waals surface area contributed by atoms with Crippen molar-refractivity contribution in [2.75, 3.05) is 11.9 Å². The van der Waals surface area contributed by atoms with Gasteiger partial charge in [-0.2, -0.15) is 0 Å². The lowest BCUT2D eigenvalue weighted by Crippen LogP contribution is -2.40. The van der Waals surface area contributed by atoms with Gasteiger partial charge < -0.3 is 16.2 Å². The van der Waals surface area contributed by atoms with E-state index < -0.39 is 11.4 Å². The Hall–Kier alpha value is -1.88. The largest absolute Gasteiger partial charge is 0.478 e. The highest BCUT2D eigenvalue weighted by molar-refractivity contribution is 5.97. The Morgan fingerprint density at radius 3 is 2.50 bits per heavy atom. The number of carboxylic acid groups (broad SMARTS) is 1. The van der Waals surface area contributed by atoms with Crippen LogP contribution in [0.3, 0.4) is 0 Å². The first kappa shape index (κ1) is 14.5. The molecule has 1 fully saturated rings. The lowest BCUT2D eigenvalue weighted by molar-refractivity contribution is -0.124. The molecule has 20 heavy (non-hydrogen) atoms. The van der Waals surface area contributed by atoms with Gasteiger partial charge in [0, 0.05) is 12.2 Å². The molecule has 0 saturated heterocycles. The number of benzene rings is 1. The molecule has 108 valence electrons. The topological polar surface area (TPSA) is 92.4 Å². The summed E-state index contributed by atoms with van der Waals surface area (Å²) in [6.07, 6.45) is 3.70. The van der Waals surface area contributed by atoms with Crippen LogP contribution in [0.25, 0.3) is 0 Å². The van der Waals surface area contributed by atoms with E-state index >= 15 is 0 Å². The first-order chi connectivity index (χ1) is 9.48. The summed E-state index contributed by atoms with van der Waals surface area (Å²) >= 11 is 0. The Balaban J connectivity index is 2.17. The van der Waals surface area contributed by atoms with Crippen LogP contribution in [-0.2, 0) is 4.79 Å². The van der Waals surface area contributed by atoms with Crippen molar-refractivity contribution in [2.24, 2.45) is 11.1 Å². The fourth-order valence-electron chi connectivity index (χ4n) is 2.77. The number of carbonyl (C=O) groups excluding carboxylic acids is 1. The van der Waals surface area contributed by atoms with Gasteiger partial charge >= 0.3 is 5.97 Å². The maximum atomic E-state index is 12.4. The molecule has 0 unspecified atom stereocenters. The Morgan fingerprint density at radius 2 is 2.00 bits per heavy atom. The number of aromatic carboxylic acids is 1. The zero-order chi connectivity index (χ0) is 14.8. The van der Waals surface area contributed by atoms with Gasteiger partial charge in [0.05, 0.1) is 11.0 Å². The van der Waals surface area contributed by atoms with E-state index in [1.165, 1.54) is 6.07 Å². The van der Waals surface area contributed by atoms with Gasteiger partial charge in [0.25, 0.3) is 0 Å². The summed E-state index contributed by atoms with van der Waals surface area (Å²) in [6, 6.07) is 4.69. The number of nitrogens with two attached hydrogens (primary N) is 1. The zero-order valence-electron chi connectivity index (χ0n) is 11.6. The summed E-state index contributed by atoms with van der Waals surface area (Å²) in [5.74, 6) is -1.02. The van der Waals surface area contributed by atoms with Crippen LogP contribution in [0.4, 0.5) is 5.69 Å². The monoisotopic (exact) mass is 276 g/mol. The predicted octanol–water partition coefficient (Wildman–Crippen LogP) is 2.15. The maximum Gasteiger partial charge on any atom is 0.335 e. The Kier molecular flexibility index (Phi) is 4.09. The van der Waals surface area contributed by atoms with Gasteiger partial charge in [0.2, 0.25) is 5.91 Å². The zero-order valence-corrected chi connectivity index (χ0v) is 11.6. The molecular weight excluding hydrogens is 256 g/mol. The average molecular weight is 276 g/mol. The molecule has 0 spiro atoms. The normalized spacial score (nSPS) is 16.9. The van der Waals surface area contributed by atoms with Crippen molar-refractivity contribution < 1.29 is 14.7 Å². The van der Waals surface area contributed by atoms with Crippen LogP contribution in [-0.4, -0.2) is 23.5 Å². The van der Waals surface area contributed by atoms with Crippen LogP contribution in [0.5, 0.6) is 0 Å². The Morgan fingerprint density at radius 1 is 1.35 bits per heavy atom. The highest BCUT2D eigenvalue weighted by atomic mass is 16.4. The first-order valence-corrected chi connectivity index (χ1v) is 6.84. The summed E-state index contributed by atoms with van der Waals surface area (Å²) < 4.78 is 0. The van der Waals surface area contributed by atoms with Gasteiger partial charge in [0.1, 0.15) is 0 Å². The number of hydrogen-bond acceptors (Lipinski definition) is 3. The van der Waals surface area contributed by atoms with Crippen molar-refractivity contribution in [2.45, 2.75) is 32.6 Å². The molecule has 5 heteroatoms. The third kappa shape index (κ3) is 2.67. The predicted molar refractivity (Wildman–Crippen MR) is 76.7 cm³/mol. The van der Waals surface area contributed by atoms with Crippen LogP contribution in [0, 0.1) is 12.3 Å². The summed E-state index contributed by atoms with van der Waals surface area (Å²) in [4.78, 5) is 23.3. The lowest BCUT2D eigenvalue weighted by Gasteiger charge is -2.26. The Bertz CT molecular complexity index is 534. The van der Waals surface area contributed by atoms with Gasteiger partial charge in [-0.05, 0) is 43.5 Å². The van der Waals surface area contributed by atoms with Crippen LogP contribution < -0.4 is 11.1 Å². The SMILES string of the molecule is Cc1cc(C(=O)O)ccc1NC(=O)C1(CN)CCCC1. The molecule has 1 aliphatic carbocycles. The van der Waals surface area contributed by atoms with Crippen LogP contribution in [0.1, 0.15) is 41.6 Å². The number of amides is 1. The van der Waals surface area contributed by atoms with Crippen molar-refractivity contribution in [1.82, 2.24) is 0 Å². The van der Waals surface area contributed by atoms with E-state index in [1.807, 2.05) is 0 Å². The van der Waals surface area contributed by atoms with Gasteiger partial charge in [-0.15, -0.1) is 0 Å². The summed E-state index contributed by atoms with van der Waals surface area (Å²) in [6.45, 7) is 2.14. The third-order valence-corrected chi connectivity index (χ3v) is 4.15. The number of hydrogen-bond donors (Lipinski definition) is 3. The molecule has 1 amide bonds. The molecule has 4 N–H and O–H groups in total. The molecule has 1 aromatic carbocycles. The number of carbonyl (C=O) groups is 2. The summed E-state index contributed by atoms with van der Waals surface area (Å²) in [5, 5.41) is 11.8. The van der Waals surface area contributed by atoms with Crippen molar-refractivity contribution in [3.63, 3.8) is 0 Å². The molecule has 0 bridgehead atoms. The van der Waals surface area contributed by atoms with E-state index in [2.05, 4.69) is 5.32 Å². The van der Waals surface area contributed by atoms with Crippen molar-refractivity contribution in [3.8, 4) is 0 Å². The Labute approximate surface area is 118 Å². The fraction of sp³-hybridized carbons (Fsp3) is 0.467. The molecule has 5 nitrogen and oxygen atoms in total. The van der Waals surface area contributed by atoms with Gasteiger partial charge in [0.15, 0.2) is 0 Å². The molecular formula is C15H20N2O3. The third-order valence-electron chi connectivity index (χ3n) is 4.15. The van der Waals surface area contributed by atoms with Crippen molar-refractivity contribution in [1.29, 1.82) is 0 Å². The number of carboxylic acids is 1. The van der Waals surface area contributed by atoms with Gasteiger partial charge in [-0.1, -0.05) is 12.8 Å². The average Bonchev–Trinajstić information content (AvgIpc) is 2.90. The van der Waals surface area contributed by atoms with Gasteiger partial charge in [-0.3, -0.25) is 4.79 Å². The van der Waals surface area contributed by atoms with Crippen molar-refractivity contribution in [3.05, 3.63) is 29.3 Å². The second-order valence-corrected chi connectivity index (χ2v) is 5.48. The van der Waals surface area contributed by atoms with E-state index in [0.29, 0.717) is 12.2 Å². The quantitative estimate of drug-likeness (QED) is 0.785. The lowest BCUT2D eigenvalue weighted by atomic mass is 9.85. The number of rotatable bonds is 4. The molecule has 1 aliphatic rings. The summed E-state index contributed by atoms with van der Waals surface area (Å²) in [7, 11) is 0. The minimum atomic E-state index is -0.972.